The normalized spacial score (nSPS) is 12.3. The molecule has 0 spiro atoms. The van der Waals surface area contributed by atoms with Gasteiger partial charge < -0.3 is 10.2 Å². The Kier molecular flexibility index (Phi) is 6.47. The number of likely N-dealkylation sites (N-methyl/N-ethyl adjacent to an activating group) is 1. The minimum absolute atomic E-state index is 0. The van der Waals surface area contributed by atoms with Gasteiger partial charge in [-0.25, -0.2) is 4.55 Å². The first kappa shape index (κ1) is 15.3. The van der Waals surface area contributed by atoms with Gasteiger partial charge in [0.1, 0.15) is 13.1 Å². The van der Waals surface area contributed by atoms with Crippen LogP contribution < -0.4 is 0 Å². The second kappa shape index (κ2) is 5.51. The van der Waals surface area contributed by atoms with Crippen molar-refractivity contribution in [1.29, 1.82) is 0 Å². The molecule has 82 valence electrons. The highest BCUT2D eigenvalue weighted by atomic mass is 32.2. The number of rotatable bonds is 5. The Hall–Kier alpha value is -0.210. The van der Waals surface area contributed by atoms with E-state index in [9.17, 15) is 8.42 Å². The summed E-state index contributed by atoms with van der Waals surface area (Å²) in [4.78, 5) is 0. The standard InChI is InChI=1S/C5H13NO5S.CH4/c1-6(2-4-7,3-5-8)12(9,10)11;/h7-8H,2-5H2,1H3;1H4/p+1. The van der Waals surface area contributed by atoms with E-state index in [2.05, 4.69) is 0 Å². The highest BCUT2D eigenvalue weighted by Gasteiger charge is 2.34. The topological polar surface area (TPSA) is 94.8 Å². The van der Waals surface area contributed by atoms with Gasteiger partial charge in [-0.15, -0.1) is 8.42 Å². The lowest BCUT2D eigenvalue weighted by molar-refractivity contribution is -0.790. The number of hydrogen-bond acceptors (Lipinski definition) is 4. The Bertz CT molecular complexity index is 219. The summed E-state index contributed by atoms with van der Waals surface area (Å²) >= 11 is 0. The lowest BCUT2D eigenvalue weighted by Gasteiger charge is -2.27. The molecule has 0 unspecified atom stereocenters. The van der Waals surface area contributed by atoms with Crippen molar-refractivity contribution >= 4 is 10.3 Å². The van der Waals surface area contributed by atoms with E-state index in [4.69, 9.17) is 14.8 Å². The molecule has 0 rings (SSSR count). The number of aliphatic hydroxyl groups excluding tert-OH is 2. The number of nitrogens with zero attached hydrogens (tertiary/aromatic N) is 1. The van der Waals surface area contributed by atoms with Crippen molar-refractivity contribution in [2.45, 2.75) is 7.43 Å². The molecule has 0 heterocycles. The molecule has 0 aliphatic heterocycles. The lowest BCUT2D eigenvalue weighted by atomic mass is 10.5. The van der Waals surface area contributed by atoms with E-state index in [0.717, 1.165) is 0 Å². The molecule has 0 aliphatic rings. The van der Waals surface area contributed by atoms with Gasteiger partial charge in [0.05, 0.1) is 20.3 Å². The van der Waals surface area contributed by atoms with Gasteiger partial charge in [-0.1, -0.05) is 7.43 Å². The molecule has 3 N–H and O–H groups in total. The maximum Gasteiger partial charge on any atom is 0.432 e. The molecular weight excluding hydrogens is 198 g/mol. The lowest BCUT2D eigenvalue weighted by Crippen LogP contribution is -2.52. The van der Waals surface area contributed by atoms with Crippen LogP contribution in [0.3, 0.4) is 0 Å². The fourth-order valence-electron chi connectivity index (χ4n) is 0.766. The first-order chi connectivity index (χ1) is 5.37. The first-order valence-electron chi connectivity index (χ1n) is 3.41. The molecule has 0 radical (unpaired) electrons. The van der Waals surface area contributed by atoms with E-state index in [-0.39, 0.29) is 33.7 Å². The van der Waals surface area contributed by atoms with Crippen LogP contribution in [0.2, 0.25) is 0 Å². The largest absolute Gasteiger partial charge is 0.432 e. The van der Waals surface area contributed by atoms with Gasteiger partial charge >= 0.3 is 10.3 Å². The molecule has 0 bridgehead atoms. The molecular formula is C6H18NO5S+. The number of aliphatic hydroxyl groups is 2. The van der Waals surface area contributed by atoms with Crippen molar-refractivity contribution in [3.05, 3.63) is 0 Å². The van der Waals surface area contributed by atoms with E-state index >= 15 is 0 Å². The molecule has 0 saturated carbocycles. The summed E-state index contributed by atoms with van der Waals surface area (Å²) in [5.74, 6) is 0. The van der Waals surface area contributed by atoms with Gasteiger partial charge in [0, 0.05) is 0 Å². The Morgan fingerprint density at radius 1 is 1.15 bits per heavy atom. The van der Waals surface area contributed by atoms with Crippen LogP contribution in [0.25, 0.3) is 0 Å². The summed E-state index contributed by atoms with van der Waals surface area (Å²) in [5.41, 5.74) is 0. The van der Waals surface area contributed by atoms with E-state index in [0.29, 0.717) is 0 Å². The zero-order valence-electron chi connectivity index (χ0n) is 6.84. The van der Waals surface area contributed by atoms with Crippen LogP contribution in [0.4, 0.5) is 0 Å². The Balaban J connectivity index is 0. The van der Waals surface area contributed by atoms with Crippen LogP contribution in [0.1, 0.15) is 7.43 Å². The highest BCUT2D eigenvalue weighted by Crippen LogP contribution is 2.07. The van der Waals surface area contributed by atoms with Crippen LogP contribution in [0.15, 0.2) is 0 Å². The molecule has 6 nitrogen and oxygen atoms in total. The van der Waals surface area contributed by atoms with Crippen molar-refractivity contribution in [3.63, 3.8) is 0 Å². The van der Waals surface area contributed by atoms with Gasteiger partial charge in [0.15, 0.2) is 0 Å². The van der Waals surface area contributed by atoms with Gasteiger partial charge in [-0.3, -0.25) is 0 Å². The van der Waals surface area contributed by atoms with Crippen molar-refractivity contribution < 1.29 is 27.1 Å². The quantitative estimate of drug-likeness (QED) is 0.399. The second-order valence-corrected chi connectivity index (χ2v) is 4.42. The maximum atomic E-state index is 10.7. The fourth-order valence-corrected chi connectivity index (χ4v) is 1.39. The second-order valence-electron chi connectivity index (χ2n) is 2.64. The SMILES string of the molecule is C.C[N+](CCO)(CCO)S(=O)(=O)O. The summed E-state index contributed by atoms with van der Waals surface area (Å²) in [6.45, 7) is -1.01. The summed E-state index contributed by atoms with van der Waals surface area (Å²) in [7, 11) is -3.05. The van der Waals surface area contributed by atoms with E-state index in [1.54, 1.807) is 0 Å². The van der Waals surface area contributed by atoms with Crippen LogP contribution in [0.5, 0.6) is 0 Å². The molecule has 0 fully saturated rings. The first-order valence-corrected chi connectivity index (χ1v) is 4.81. The van der Waals surface area contributed by atoms with E-state index < -0.39 is 14.2 Å². The minimum Gasteiger partial charge on any atom is -0.390 e. The van der Waals surface area contributed by atoms with Crippen molar-refractivity contribution in [2.24, 2.45) is 0 Å². The zero-order chi connectivity index (χ0) is 9.83. The molecule has 0 aromatic carbocycles. The Morgan fingerprint density at radius 2 is 1.46 bits per heavy atom. The smallest absolute Gasteiger partial charge is 0.390 e. The summed E-state index contributed by atoms with van der Waals surface area (Å²) in [6.07, 6.45) is 0. The molecule has 0 saturated heterocycles. The monoisotopic (exact) mass is 216 g/mol. The van der Waals surface area contributed by atoms with Gasteiger partial charge in [0.2, 0.25) is 0 Å². The van der Waals surface area contributed by atoms with Gasteiger partial charge in [-0.05, 0) is 0 Å². The van der Waals surface area contributed by atoms with Gasteiger partial charge in [-0.2, -0.15) is 3.89 Å². The number of quaternary nitrogens is 1. The molecule has 0 amide bonds. The predicted octanol–water partition coefficient (Wildman–Crippen LogP) is -1.14. The van der Waals surface area contributed by atoms with Crippen molar-refractivity contribution in [1.82, 2.24) is 0 Å². The maximum absolute atomic E-state index is 10.7. The van der Waals surface area contributed by atoms with Crippen molar-refractivity contribution in [2.75, 3.05) is 33.4 Å². The highest BCUT2D eigenvalue weighted by molar-refractivity contribution is 7.80. The third-order valence-corrected chi connectivity index (χ3v) is 3.18. The van der Waals surface area contributed by atoms with Gasteiger partial charge in [0.25, 0.3) is 0 Å². The van der Waals surface area contributed by atoms with Crippen molar-refractivity contribution in [3.8, 4) is 0 Å². The average Bonchev–Trinajstić information content (AvgIpc) is 1.86. The molecule has 7 heteroatoms. The predicted molar refractivity (Wildman–Crippen MR) is 48.4 cm³/mol. The summed E-state index contributed by atoms with van der Waals surface area (Å²) in [5, 5.41) is 17.0. The summed E-state index contributed by atoms with van der Waals surface area (Å²) in [6, 6.07) is 0. The molecule has 0 aliphatic carbocycles. The third kappa shape index (κ3) is 4.01. The van der Waals surface area contributed by atoms with E-state index in [1.807, 2.05) is 0 Å². The zero-order valence-corrected chi connectivity index (χ0v) is 7.66. The van der Waals surface area contributed by atoms with Crippen LogP contribution in [-0.2, 0) is 10.3 Å². The molecule has 0 aromatic heterocycles. The Labute approximate surface area is 78.9 Å². The third-order valence-electron chi connectivity index (χ3n) is 1.70. The molecule has 0 aromatic rings. The number of hydrogen-bond donors (Lipinski definition) is 3. The average molecular weight is 216 g/mol. The molecule has 0 atom stereocenters. The molecule has 13 heavy (non-hydrogen) atoms. The van der Waals surface area contributed by atoms with Crippen LogP contribution in [0, 0.1) is 0 Å². The minimum atomic E-state index is -4.27. The Morgan fingerprint density at radius 3 is 1.62 bits per heavy atom. The van der Waals surface area contributed by atoms with E-state index in [1.165, 1.54) is 7.05 Å². The fraction of sp³-hybridized carbons (Fsp3) is 1.00. The summed E-state index contributed by atoms with van der Waals surface area (Å²) < 4.78 is 29.4. The van der Waals surface area contributed by atoms with Crippen LogP contribution in [-0.4, -0.2) is 60.4 Å². The van der Waals surface area contributed by atoms with Crippen LogP contribution >= 0.6 is 0 Å².